The van der Waals surface area contributed by atoms with Gasteiger partial charge in [0.25, 0.3) is 5.91 Å². The van der Waals surface area contributed by atoms with Crippen molar-refractivity contribution in [3.63, 3.8) is 0 Å². The molecule has 3 nitrogen and oxygen atoms in total. The van der Waals surface area contributed by atoms with Gasteiger partial charge in [0.15, 0.2) is 0 Å². The summed E-state index contributed by atoms with van der Waals surface area (Å²) in [5.41, 5.74) is 0.407. The Morgan fingerprint density at radius 3 is 2.76 bits per heavy atom. The predicted octanol–water partition coefficient (Wildman–Crippen LogP) is 3.48. The number of carbonyl (C=O) groups is 1. The van der Waals surface area contributed by atoms with Crippen LogP contribution in [0.1, 0.15) is 24.2 Å². The van der Waals surface area contributed by atoms with Crippen LogP contribution in [-0.2, 0) is 0 Å². The van der Waals surface area contributed by atoms with Crippen molar-refractivity contribution in [2.75, 3.05) is 6.54 Å². The molecule has 0 unspecified atom stereocenters. The predicted molar refractivity (Wildman–Crippen MR) is 70.9 cm³/mol. The van der Waals surface area contributed by atoms with Gasteiger partial charge in [-0.3, -0.25) is 4.79 Å². The molecule has 0 aliphatic heterocycles. The summed E-state index contributed by atoms with van der Waals surface area (Å²) in [6.07, 6.45) is 0. The van der Waals surface area contributed by atoms with Crippen LogP contribution in [0.5, 0.6) is 0 Å². The first kappa shape index (κ1) is 14.0. The van der Waals surface area contributed by atoms with Crippen molar-refractivity contribution in [3.05, 3.63) is 33.3 Å². The molecule has 0 saturated heterocycles. The number of nitriles is 1. The molecule has 0 aliphatic carbocycles. The summed E-state index contributed by atoms with van der Waals surface area (Å²) in [5, 5.41) is 9.10. The van der Waals surface area contributed by atoms with E-state index in [9.17, 15) is 4.79 Å². The van der Waals surface area contributed by atoms with E-state index in [1.54, 1.807) is 18.2 Å². The van der Waals surface area contributed by atoms with Gasteiger partial charge < -0.3 is 4.90 Å². The standard InChI is InChI=1S/C12H12BrClN2O/c1-8(2)16(7-6-15)12(17)9-4-3-5-10(13)11(9)14/h3-5,8H,7H2,1-2H3. The van der Waals surface area contributed by atoms with Crippen LogP contribution in [0.2, 0.25) is 5.02 Å². The molecule has 1 amide bonds. The van der Waals surface area contributed by atoms with E-state index >= 15 is 0 Å². The third kappa shape index (κ3) is 3.21. The normalized spacial score (nSPS) is 10.1. The number of hydrogen-bond acceptors (Lipinski definition) is 2. The van der Waals surface area contributed by atoms with Crippen molar-refractivity contribution in [1.29, 1.82) is 5.26 Å². The Hall–Kier alpha value is -1.05. The fraction of sp³-hybridized carbons (Fsp3) is 0.333. The minimum absolute atomic E-state index is 0.0443. The Balaban J connectivity index is 3.11. The molecule has 0 heterocycles. The molecular formula is C12H12BrClN2O. The summed E-state index contributed by atoms with van der Waals surface area (Å²) in [6, 6.07) is 7.11. The number of amides is 1. The zero-order valence-corrected chi connectivity index (χ0v) is 11.9. The molecular weight excluding hydrogens is 304 g/mol. The Bertz CT molecular complexity index is 468. The van der Waals surface area contributed by atoms with Gasteiger partial charge in [0.05, 0.1) is 16.7 Å². The van der Waals surface area contributed by atoms with Gasteiger partial charge >= 0.3 is 0 Å². The van der Waals surface area contributed by atoms with E-state index < -0.39 is 0 Å². The number of benzene rings is 1. The summed E-state index contributed by atoms with van der Waals surface area (Å²) in [6.45, 7) is 3.78. The van der Waals surface area contributed by atoms with Crippen LogP contribution in [0, 0.1) is 11.3 Å². The molecule has 0 spiro atoms. The third-order valence-corrected chi connectivity index (χ3v) is 3.60. The highest BCUT2D eigenvalue weighted by Gasteiger charge is 2.21. The lowest BCUT2D eigenvalue weighted by Crippen LogP contribution is -2.37. The first-order chi connectivity index (χ1) is 7.99. The van der Waals surface area contributed by atoms with Crippen molar-refractivity contribution in [2.24, 2.45) is 0 Å². The van der Waals surface area contributed by atoms with Crippen molar-refractivity contribution >= 4 is 33.4 Å². The number of rotatable bonds is 3. The number of carbonyl (C=O) groups excluding carboxylic acids is 1. The largest absolute Gasteiger partial charge is 0.323 e. The van der Waals surface area contributed by atoms with Crippen LogP contribution in [0.25, 0.3) is 0 Å². The van der Waals surface area contributed by atoms with Crippen molar-refractivity contribution in [1.82, 2.24) is 4.90 Å². The highest BCUT2D eigenvalue weighted by Crippen LogP contribution is 2.27. The van der Waals surface area contributed by atoms with Gasteiger partial charge in [-0.15, -0.1) is 0 Å². The van der Waals surface area contributed by atoms with E-state index in [1.165, 1.54) is 4.90 Å². The molecule has 1 aromatic rings. The Morgan fingerprint density at radius 1 is 1.59 bits per heavy atom. The molecule has 0 fully saturated rings. The van der Waals surface area contributed by atoms with Gasteiger partial charge in [0, 0.05) is 10.5 Å². The number of nitrogens with zero attached hydrogens (tertiary/aromatic N) is 2. The molecule has 5 heteroatoms. The van der Waals surface area contributed by atoms with E-state index in [1.807, 2.05) is 19.9 Å². The van der Waals surface area contributed by atoms with Gasteiger partial charge in [0.1, 0.15) is 6.54 Å². The first-order valence-electron chi connectivity index (χ1n) is 5.11. The van der Waals surface area contributed by atoms with E-state index in [0.29, 0.717) is 15.1 Å². The molecule has 17 heavy (non-hydrogen) atoms. The second-order valence-corrected chi connectivity index (χ2v) is 5.02. The molecule has 0 aromatic heterocycles. The van der Waals surface area contributed by atoms with Gasteiger partial charge in [0.2, 0.25) is 0 Å². The quantitative estimate of drug-likeness (QED) is 0.802. The minimum Gasteiger partial charge on any atom is -0.323 e. The summed E-state index contributed by atoms with van der Waals surface area (Å²) < 4.78 is 0.672. The Kier molecular flexibility index (Phi) is 4.98. The maximum atomic E-state index is 12.2. The number of hydrogen-bond donors (Lipinski definition) is 0. The molecule has 0 bridgehead atoms. The van der Waals surface area contributed by atoms with Crippen LogP contribution in [0.15, 0.2) is 22.7 Å². The Labute approximate surface area is 114 Å². The van der Waals surface area contributed by atoms with Gasteiger partial charge in [-0.2, -0.15) is 5.26 Å². The van der Waals surface area contributed by atoms with Crippen LogP contribution < -0.4 is 0 Å². The van der Waals surface area contributed by atoms with E-state index in [-0.39, 0.29) is 18.5 Å². The van der Waals surface area contributed by atoms with Crippen molar-refractivity contribution in [2.45, 2.75) is 19.9 Å². The molecule has 0 saturated carbocycles. The summed E-state index contributed by atoms with van der Waals surface area (Å²) >= 11 is 9.33. The van der Waals surface area contributed by atoms with Crippen molar-refractivity contribution < 1.29 is 4.79 Å². The van der Waals surface area contributed by atoms with Gasteiger partial charge in [-0.1, -0.05) is 17.7 Å². The molecule has 0 aliphatic rings. The molecule has 1 rings (SSSR count). The number of halogens is 2. The summed E-state index contributed by atoms with van der Waals surface area (Å²) in [5.74, 6) is -0.229. The van der Waals surface area contributed by atoms with E-state index in [0.717, 1.165) is 0 Å². The highest BCUT2D eigenvalue weighted by molar-refractivity contribution is 9.10. The first-order valence-corrected chi connectivity index (χ1v) is 6.28. The van der Waals surface area contributed by atoms with Crippen LogP contribution in [0.3, 0.4) is 0 Å². The second kappa shape index (κ2) is 6.04. The van der Waals surface area contributed by atoms with Crippen LogP contribution in [0.4, 0.5) is 0 Å². The maximum Gasteiger partial charge on any atom is 0.256 e. The summed E-state index contributed by atoms with van der Waals surface area (Å²) in [7, 11) is 0. The molecule has 1 aromatic carbocycles. The smallest absolute Gasteiger partial charge is 0.256 e. The average molecular weight is 316 g/mol. The molecule has 90 valence electrons. The average Bonchev–Trinajstić information content (AvgIpc) is 2.28. The summed E-state index contributed by atoms with van der Waals surface area (Å²) in [4.78, 5) is 13.7. The topological polar surface area (TPSA) is 44.1 Å². The monoisotopic (exact) mass is 314 g/mol. The lowest BCUT2D eigenvalue weighted by atomic mass is 10.1. The van der Waals surface area contributed by atoms with E-state index in [4.69, 9.17) is 16.9 Å². The van der Waals surface area contributed by atoms with Gasteiger partial charge in [-0.05, 0) is 41.9 Å². The molecule has 0 radical (unpaired) electrons. The Morgan fingerprint density at radius 2 is 2.24 bits per heavy atom. The highest BCUT2D eigenvalue weighted by atomic mass is 79.9. The second-order valence-electron chi connectivity index (χ2n) is 3.79. The third-order valence-electron chi connectivity index (χ3n) is 2.31. The maximum absolute atomic E-state index is 12.2. The van der Waals surface area contributed by atoms with Gasteiger partial charge in [-0.25, -0.2) is 0 Å². The minimum atomic E-state index is -0.229. The molecule has 0 atom stereocenters. The molecule has 0 N–H and O–H groups in total. The van der Waals surface area contributed by atoms with Crippen molar-refractivity contribution in [3.8, 4) is 6.07 Å². The van der Waals surface area contributed by atoms with E-state index in [2.05, 4.69) is 15.9 Å². The van der Waals surface area contributed by atoms with Crippen LogP contribution in [-0.4, -0.2) is 23.4 Å². The zero-order chi connectivity index (χ0) is 13.0. The fourth-order valence-electron chi connectivity index (χ4n) is 1.39. The SMILES string of the molecule is CC(C)N(CC#N)C(=O)c1cccc(Br)c1Cl. The lowest BCUT2D eigenvalue weighted by Gasteiger charge is -2.24. The fourth-order valence-corrected chi connectivity index (χ4v) is 1.96. The zero-order valence-electron chi connectivity index (χ0n) is 9.58. The van der Waals surface area contributed by atoms with Crippen LogP contribution >= 0.6 is 27.5 Å². The lowest BCUT2D eigenvalue weighted by molar-refractivity contribution is 0.0731.